The van der Waals surface area contributed by atoms with Gasteiger partial charge in [-0.25, -0.2) is 0 Å². The molecule has 0 aromatic heterocycles. The minimum Gasteiger partial charge on any atom is -0.458 e. The molecule has 8 heteroatoms. The van der Waals surface area contributed by atoms with Crippen LogP contribution in [0.5, 0.6) is 0 Å². The van der Waals surface area contributed by atoms with E-state index in [0.717, 1.165) is 19.3 Å². The minimum absolute atomic E-state index is 0.108. The maximum Gasteiger partial charge on any atom is 0.306 e. The number of Topliss-reactive ketones (excluding diaryl/α,β-unsaturated/α-hetero) is 1. The summed E-state index contributed by atoms with van der Waals surface area (Å²) in [5.74, 6) is -4.30. The summed E-state index contributed by atoms with van der Waals surface area (Å²) in [4.78, 5) is 38.9. The van der Waals surface area contributed by atoms with Gasteiger partial charge in [0.1, 0.15) is 11.7 Å². The average molecular weight is 561 g/mol. The molecule has 6 unspecified atom stereocenters. The smallest absolute Gasteiger partial charge is 0.306 e. The summed E-state index contributed by atoms with van der Waals surface area (Å²) >= 11 is 0. The first kappa shape index (κ1) is 30.9. The van der Waals surface area contributed by atoms with Gasteiger partial charge in [-0.15, -0.1) is 0 Å². The van der Waals surface area contributed by atoms with E-state index >= 15 is 0 Å². The monoisotopic (exact) mass is 560 g/mol. The van der Waals surface area contributed by atoms with Gasteiger partial charge in [0.05, 0.1) is 12.2 Å². The summed E-state index contributed by atoms with van der Waals surface area (Å²) in [6.45, 7) is 10.3. The van der Waals surface area contributed by atoms with E-state index in [1.807, 2.05) is 13.8 Å². The molecule has 8 nitrogen and oxygen atoms in total. The van der Waals surface area contributed by atoms with Gasteiger partial charge in [-0.2, -0.15) is 0 Å². The Balaban J connectivity index is 1.68. The Hall–Kier alpha value is -2.03. The Morgan fingerprint density at radius 2 is 1.68 bits per heavy atom. The third-order valence-electron chi connectivity index (χ3n) is 10.5. The SMILES string of the molecule is CCCCCCCCCC(=O)O[C@]12C(C3C=C(CO)CC4(O)C(=O)C(C)=CC4C3(O)C(C)[C@H]1OC(C)=O)C2(C)C. The van der Waals surface area contributed by atoms with Crippen LogP contribution in [0.25, 0.3) is 0 Å². The highest BCUT2D eigenvalue weighted by Crippen LogP contribution is 2.77. The molecular weight excluding hydrogens is 512 g/mol. The molecule has 0 radical (unpaired) electrons. The van der Waals surface area contributed by atoms with E-state index in [2.05, 4.69) is 6.92 Å². The van der Waals surface area contributed by atoms with E-state index in [0.29, 0.717) is 17.6 Å². The third-order valence-corrected chi connectivity index (χ3v) is 10.5. The van der Waals surface area contributed by atoms with Crippen LogP contribution in [0.2, 0.25) is 0 Å². The zero-order valence-electron chi connectivity index (χ0n) is 25.0. The van der Waals surface area contributed by atoms with Crippen LogP contribution in [-0.4, -0.2) is 62.6 Å². The number of ketones is 1. The Morgan fingerprint density at radius 1 is 1.05 bits per heavy atom. The highest BCUT2D eigenvalue weighted by atomic mass is 16.6. The first-order valence-electron chi connectivity index (χ1n) is 15.1. The summed E-state index contributed by atoms with van der Waals surface area (Å²) in [6.07, 6.45) is 10.0. The number of esters is 2. The van der Waals surface area contributed by atoms with Crippen molar-refractivity contribution in [2.45, 2.75) is 122 Å². The fraction of sp³-hybridized carbons (Fsp3) is 0.781. The average Bonchev–Trinajstić information content (AvgIpc) is 3.31. The molecule has 8 atom stereocenters. The van der Waals surface area contributed by atoms with E-state index in [1.165, 1.54) is 26.2 Å². The summed E-state index contributed by atoms with van der Waals surface area (Å²) in [5, 5.41) is 34.6. The molecule has 4 aliphatic rings. The van der Waals surface area contributed by atoms with E-state index in [4.69, 9.17) is 9.47 Å². The number of aliphatic hydroxyl groups is 3. The number of carbonyl (C=O) groups excluding carboxylic acids is 3. The van der Waals surface area contributed by atoms with Crippen molar-refractivity contribution in [3.05, 3.63) is 23.3 Å². The molecule has 0 aliphatic heterocycles. The maximum absolute atomic E-state index is 13.3. The van der Waals surface area contributed by atoms with Crippen molar-refractivity contribution >= 4 is 17.7 Å². The number of fused-ring (bicyclic) bond motifs is 5. The molecule has 0 aromatic carbocycles. The second-order valence-electron chi connectivity index (χ2n) is 13.3. The molecule has 224 valence electrons. The number of carbonyl (C=O) groups is 3. The Kier molecular flexibility index (Phi) is 8.50. The van der Waals surface area contributed by atoms with Crippen LogP contribution < -0.4 is 0 Å². The van der Waals surface area contributed by atoms with Gasteiger partial charge in [-0.1, -0.05) is 78.4 Å². The van der Waals surface area contributed by atoms with Crippen LogP contribution in [0, 0.1) is 29.1 Å². The lowest BCUT2D eigenvalue weighted by Gasteiger charge is -2.53. The van der Waals surface area contributed by atoms with Crippen molar-refractivity contribution in [1.29, 1.82) is 0 Å². The predicted octanol–water partition coefficient (Wildman–Crippen LogP) is 4.19. The van der Waals surface area contributed by atoms with Gasteiger partial charge >= 0.3 is 11.9 Å². The number of ether oxygens (including phenoxy) is 2. The molecule has 0 aromatic rings. The summed E-state index contributed by atoms with van der Waals surface area (Å²) in [6, 6.07) is 0. The van der Waals surface area contributed by atoms with Gasteiger partial charge in [-0.3, -0.25) is 14.4 Å². The van der Waals surface area contributed by atoms with E-state index in [-0.39, 0.29) is 25.4 Å². The fourth-order valence-corrected chi connectivity index (χ4v) is 8.47. The van der Waals surface area contributed by atoms with Crippen molar-refractivity contribution in [2.75, 3.05) is 6.61 Å². The second kappa shape index (κ2) is 11.0. The van der Waals surface area contributed by atoms with Crippen LogP contribution in [-0.2, 0) is 23.9 Å². The van der Waals surface area contributed by atoms with E-state index in [9.17, 15) is 29.7 Å². The van der Waals surface area contributed by atoms with Crippen LogP contribution in [0.3, 0.4) is 0 Å². The molecule has 0 bridgehead atoms. The van der Waals surface area contributed by atoms with Crippen LogP contribution >= 0.6 is 0 Å². The number of unbranched alkanes of at least 4 members (excludes halogenated alkanes) is 6. The van der Waals surface area contributed by atoms with Gasteiger partial charge in [0, 0.05) is 48.9 Å². The van der Waals surface area contributed by atoms with Crippen LogP contribution in [0.15, 0.2) is 23.3 Å². The molecule has 0 spiro atoms. The second-order valence-corrected chi connectivity index (χ2v) is 13.3. The Morgan fingerprint density at radius 3 is 2.27 bits per heavy atom. The number of hydrogen-bond donors (Lipinski definition) is 3. The van der Waals surface area contributed by atoms with Crippen molar-refractivity contribution < 1.29 is 39.2 Å². The molecule has 0 saturated heterocycles. The number of rotatable bonds is 11. The predicted molar refractivity (Wildman–Crippen MR) is 149 cm³/mol. The van der Waals surface area contributed by atoms with Gasteiger partial charge in [0.2, 0.25) is 0 Å². The standard InChI is InChI=1S/C32H48O8/c1-7-8-9-10-11-12-13-14-25(35)40-32-26(29(32,5)6)23-16-22(18-33)17-30(37)24(15-19(2)27(30)36)31(23,38)20(3)28(32)39-21(4)34/h15-16,20,23-24,26,28,33,37-38H,7-14,17-18H2,1-6H3/t20?,23?,24?,26?,28-,30?,31?,32-/m1/s1. The zero-order chi connectivity index (χ0) is 29.7. The normalized spacial score (nSPS) is 39.2. The maximum atomic E-state index is 13.3. The lowest BCUT2D eigenvalue weighted by atomic mass is 9.59. The van der Waals surface area contributed by atoms with E-state index in [1.54, 1.807) is 26.0 Å². The molecule has 0 amide bonds. The highest BCUT2D eigenvalue weighted by Gasteiger charge is 2.87. The quantitative estimate of drug-likeness (QED) is 0.195. The van der Waals surface area contributed by atoms with Gasteiger partial charge in [0.15, 0.2) is 11.4 Å². The van der Waals surface area contributed by atoms with Gasteiger partial charge < -0.3 is 24.8 Å². The molecule has 2 saturated carbocycles. The van der Waals surface area contributed by atoms with Crippen molar-refractivity contribution in [3.8, 4) is 0 Å². The summed E-state index contributed by atoms with van der Waals surface area (Å²) in [5.41, 5.74) is -4.70. The van der Waals surface area contributed by atoms with Crippen LogP contribution in [0.4, 0.5) is 0 Å². The van der Waals surface area contributed by atoms with Crippen LogP contribution in [0.1, 0.15) is 99.3 Å². The van der Waals surface area contributed by atoms with E-state index < -0.39 is 63.7 Å². The summed E-state index contributed by atoms with van der Waals surface area (Å²) in [7, 11) is 0. The minimum atomic E-state index is -1.93. The molecule has 4 aliphatic carbocycles. The zero-order valence-corrected chi connectivity index (χ0v) is 25.0. The van der Waals surface area contributed by atoms with Gasteiger partial charge in [-0.05, 0) is 24.5 Å². The fourth-order valence-electron chi connectivity index (χ4n) is 8.47. The molecule has 2 fully saturated rings. The molecule has 0 heterocycles. The van der Waals surface area contributed by atoms with Crippen molar-refractivity contribution in [3.63, 3.8) is 0 Å². The Labute approximate surface area is 238 Å². The first-order valence-corrected chi connectivity index (χ1v) is 15.1. The number of hydrogen-bond acceptors (Lipinski definition) is 8. The largest absolute Gasteiger partial charge is 0.458 e. The molecule has 4 rings (SSSR count). The third kappa shape index (κ3) is 4.58. The Bertz CT molecular complexity index is 1090. The molecule has 3 N–H and O–H groups in total. The van der Waals surface area contributed by atoms with Crippen molar-refractivity contribution in [1.82, 2.24) is 0 Å². The lowest BCUT2D eigenvalue weighted by molar-refractivity contribution is -0.228. The molecule has 40 heavy (non-hydrogen) atoms. The first-order chi connectivity index (χ1) is 18.7. The highest BCUT2D eigenvalue weighted by molar-refractivity contribution is 6.04. The number of aliphatic hydroxyl groups excluding tert-OH is 1. The van der Waals surface area contributed by atoms with Crippen molar-refractivity contribution in [2.24, 2.45) is 29.1 Å². The topological polar surface area (TPSA) is 130 Å². The van der Waals surface area contributed by atoms with Gasteiger partial charge in [0.25, 0.3) is 0 Å². The summed E-state index contributed by atoms with van der Waals surface area (Å²) < 4.78 is 12.2. The lowest BCUT2D eigenvalue weighted by Crippen LogP contribution is -2.66. The molecular formula is C32H48O8.